The van der Waals surface area contributed by atoms with E-state index >= 15 is 0 Å². The lowest BCUT2D eigenvalue weighted by atomic mass is 9.82. The minimum atomic E-state index is -1.21. The zero-order valence-corrected chi connectivity index (χ0v) is 31.6. The first-order chi connectivity index (χ1) is 26.4. The Morgan fingerprint density at radius 3 is 1.49 bits per heavy atom. The Balaban J connectivity index is 0.000000481. The molecule has 0 bridgehead atoms. The molecule has 17 heteroatoms. The molecule has 2 aliphatic heterocycles. The summed E-state index contributed by atoms with van der Waals surface area (Å²) in [5.74, 6) is 0.187. The summed E-state index contributed by atoms with van der Waals surface area (Å²) in [6.45, 7) is 5.72. The number of rotatable bonds is 17. The molecule has 2 fully saturated rings. The van der Waals surface area contributed by atoms with Crippen molar-refractivity contribution < 1.29 is 49.2 Å². The van der Waals surface area contributed by atoms with E-state index in [-0.39, 0.29) is 24.4 Å². The summed E-state index contributed by atoms with van der Waals surface area (Å²) in [5.41, 5.74) is 15.9. The third-order valence-corrected chi connectivity index (χ3v) is 10.0. The Kier molecular flexibility index (Phi) is 26.1. The molecule has 0 radical (unpaired) electrons. The maximum atomic E-state index is 11.1. The van der Waals surface area contributed by atoms with Gasteiger partial charge in [0.2, 0.25) is 0 Å². The van der Waals surface area contributed by atoms with Gasteiger partial charge < -0.3 is 36.7 Å². The van der Waals surface area contributed by atoms with Crippen LogP contribution in [0.15, 0.2) is 48.5 Å². The number of carboxylic acids is 1. The van der Waals surface area contributed by atoms with Gasteiger partial charge in [-0.1, -0.05) is 49.9 Å². The van der Waals surface area contributed by atoms with E-state index in [4.69, 9.17) is 61.1 Å². The highest BCUT2D eigenvalue weighted by Gasteiger charge is 2.25. The number of piperidine rings is 2. The molecule has 0 aromatic heterocycles. The Morgan fingerprint density at radius 1 is 0.709 bits per heavy atom. The van der Waals surface area contributed by atoms with E-state index in [1.54, 1.807) is 18.2 Å². The molecule has 2 atom stereocenters. The summed E-state index contributed by atoms with van der Waals surface area (Å²) >= 11 is 0. The lowest BCUT2D eigenvalue weighted by molar-refractivity contribution is -0.193. The zero-order chi connectivity index (χ0) is 41.0. The van der Waals surface area contributed by atoms with Gasteiger partial charge in [-0.2, -0.15) is 24.4 Å². The Hall–Kier alpha value is -4.03. The molecule has 2 aromatic rings. The van der Waals surface area contributed by atoms with Gasteiger partial charge in [0.1, 0.15) is 0 Å². The van der Waals surface area contributed by atoms with Gasteiger partial charge in [0.05, 0.1) is 17.2 Å². The summed E-state index contributed by atoms with van der Waals surface area (Å²) in [5, 5.41) is 53.5. The molecular formula is C38H57B2N5O10. The second-order valence-electron chi connectivity index (χ2n) is 14.1. The normalized spacial score (nSPS) is 15.8. The average Bonchev–Trinajstić information content (AvgIpc) is 3.16. The summed E-state index contributed by atoms with van der Waals surface area (Å²) in [6.07, 6.45) is 11.1. The van der Waals surface area contributed by atoms with E-state index < -0.39 is 20.2 Å². The lowest BCUT2D eigenvalue weighted by Crippen LogP contribution is -2.40. The number of nitriles is 1. The molecule has 2 unspecified atom stereocenters. The maximum absolute atomic E-state index is 11.1. The molecule has 2 aliphatic rings. The van der Waals surface area contributed by atoms with Crippen LogP contribution in [0.5, 0.6) is 0 Å². The smallest absolute Gasteiger partial charge is 0.451 e. The molecule has 2 saturated heterocycles. The Bertz CT molecular complexity index is 1460. The molecule has 300 valence electrons. The van der Waals surface area contributed by atoms with E-state index in [2.05, 4.69) is 21.9 Å². The topological polar surface area (TPSA) is 269 Å². The van der Waals surface area contributed by atoms with Crippen molar-refractivity contribution in [2.45, 2.75) is 102 Å². The standard InChI is InChI=1S/C18H28BN3O2.C18H29BN2O4.2CO2/c20-13-15-4-3-5-16(12-15)14-22-10-7-17(8-11-22)18(21)6-1-2-9-19(23)24;20-17(6-1-2-9-19(24)25)15-7-10-21(11-8-15)13-14-4-3-5-16(12-14)18(22)23;2*2-1-3/h3-5,12,17-18,23-24H,1-2,6-11,14,21H2;3-5,12,15,17,24-25H,1-2,6-11,13,20H2,(H,22,23);;. The highest BCUT2D eigenvalue weighted by molar-refractivity contribution is 6.41. The molecule has 0 spiro atoms. The van der Waals surface area contributed by atoms with Crippen LogP contribution in [0.1, 0.15) is 91.3 Å². The van der Waals surface area contributed by atoms with Gasteiger partial charge in [0.25, 0.3) is 0 Å². The van der Waals surface area contributed by atoms with Crippen LogP contribution in [0.25, 0.3) is 0 Å². The molecule has 0 aliphatic carbocycles. The van der Waals surface area contributed by atoms with Gasteiger partial charge >= 0.3 is 32.5 Å². The van der Waals surface area contributed by atoms with Crippen molar-refractivity contribution in [1.29, 1.82) is 5.26 Å². The summed E-state index contributed by atoms with van der Waals surface area (Å²) < 4.78 is 0. The fraction of sp³-hybridized carbons (Fsp3) is 0.579. The number of carboxylic acid groups (broad SMARTS) is 1. The first-order valence-corrected chi connectivity index (χ1v) is 18.8. The molecular weight excluding hydrogens is 708 g/mol. The molecule has 15 nitrogen and oxygen atoms in total. The van der Waals surface area contributed by atoms with E-state index in [1.165, 1.54) is 5.56 Å². The molecule has 55 heavy (non-hydrogen) atoms. The molecule has 0 amide bonds. The molecule has 9 N–H and O–H groups in total. The van der Waals surface area contributed by atoms with Crippen LogP contribution in [-0.4, -0.2) is 106 Å². The fourth-order valence-electron chi connectivity index (χ4n) is 7.02. The predicted molar refractivity (Wildman–Crippen MR) is 204 cm³/mol. The first-order valence-electron chi connectivity index (χ1n) is 18.8. The number of unbranched alkanes of at least 4 members (excludes halogenated alkanes) is 2. The number of aromatic carboxylic acids is 1. The van der Waals surface area contributed by atoms with Gasteiger partial charge in [0.15, 0.2) is 0 Å². The van der Waals surface area contributed by atoms with Crippen LogP contribution in [0, 0.1) is 23.2 Å². The number of nitrogens with zero attached hydrogens (tertiary/aromatic N) is 3. The minimum Gasteiger partial charge on any atom is -0.478 e. The number of hydrogen-bond acceptors (Lipinski definition) is 14. The monoisotopic (exact) mass is 765 g/mol. The number of nitrogens with two attached hydrogens (primary N) is 2. The average molecular weight is 766 g/mol. The molecule has 2 heterocycles. The zero-order valence-electron chi connectivity index (χ0n) is 31.6. The van der Waals surface area contributed by atoms with Crippen LogP contribution in [-0.2, 0) is 32.3 Å². The van der Waals surface area contributed by atoms with Gasteiger partial charge in [-0.15, -0.1) is 0 Å². The van der Waals surface area contributed by atoms with Gasteiger partial charge in [-0.25, -0.2) is 4.79 Å². The van der Waals surface area contributed by atoms with Crippen molar-refractivity contribution in [2.75, 3.05) is 26.2 Å². The lowest BCUT2D eigenvalue weighted by Gasteiger charge is -2.35. The number of benzene rings is 2. The van der Waals surface area contributed by atoms with E-state index in [0.29, 0.717) is 30.0 Å². The summed E-state index contributed by atoms with van der Waals surface area (Å²) in [6, 6.07) is 17.5. The number of likely N-dealkylation sites (tertiary alicyclic amines) is 2. The van der Waals surface area contributed by atoms with Crippen LogP contribution < -0.4 is 11.5 Å². The third kappa shape index (κ3) is 22.2. The quantitative estimate of drug-likeness (QED) is 0.0898. The van der Waals surface area contributed by atoms with Crippen molar-refractivity contribution in [3.05, 3.63) is 70.8 Å². The van der Waals surface area contributed by atoms with E-state index in [9.17, 15) is 4.79 Å². The largest absolute Gasteiger partial charge is 0.478 e. The first kappa shape index (κ1) is 49.0. The Labute approximate surface area is 324 Å². The van der Waals surface area contributed by atoms with Crippen molar-refractivity contribution in [2.24, 2.45) is 23.3 Å². The minimum absolute atomic E-state index is 0.174. The second kappa shape index (κ2) is 29.3. The van der Waals surface area contributed by atoms with E-state index in [0.717, 1.165) is 115 Å². The van der Waals surface area contributed by atoms with Crippen molar-refractivity contribution in [1.82, 2.24) is 9.80 Å². The fourth-order valence-corrected chi connectivity index (χ4v) is 7.02. The summed E-state index contributed by atoms with van der Waals surface area (Å²) in [4.78, 5) is 48.3. The molecule has 0 saturated carbocycles. The second-order valence-corrected chi connectivity index (χ2v) is 14.1. The predicted octanol–water partition coefficient (Wildman–Crippen LogP) is 2.14. The van der Waals surface area contributed by atoms with Crippen LogP contribution >= 0.6 is 0 Å². The van der Waals surface area contributed by atoms with E-state index in [1.807, 2.05) is 24.3 Å². The van der Waals surface area contributed by atoms with Gasteiger partial charge in [-0.05, 0) is 125 Å². The van der Waals surface area contributed by atoms with Crippen molar-refractivity contribution in [3.8, 4) is 6.07 Å². The number of carbonyl (C=O) groups excluding carboxylic acids is 4. The van der Waals surface area contributed by atoms with Crippen molar-refractivity contribution in [3.63, 3.8) is 0 Å². The summed E-state index contributed by atoms with van der Waals surface area (Å²) in [7, 11) is -2.40. The SMILES string of the molecule is N#Cc1cccc(CN2CCC(C(N)CCCCB(O)O)CC2)c1.NC(CCCCB(O)O)C1CCN(Cc2cccc(C(=O)O)c2)CC1.O=C=O.O=C=O. The van der Waals surface area contributed by atoms with Crippen LogP contribution in [0.2, 0.25) is 12.6 Å². The third-order valence-electron chi connectivity index (χ3n) is 10.0. The van der Waals surface area contributed by atoms with Crippen LogP contribution in [0.4, 0.5) is 0 Å². The number of hydrogen-bond donors (Lipinski definition) is 7. The van der Waals surface area contributed by atoms with Gasteiger partial charge in [-0.3, -0.25) is 9.80 Å². The highest BCUT2D eigenvalue weighted by atomic mass is 16.4. The van der Waals surface area contributed by atoms with Crippen molar-refractivity contribution >= 4 is 32.5 Å². The van der Waals surface area contributed by atoms with Gasteiger partial charge in [0, 0.05) is 25.2 Å². The Morgan fingerprint density at radius 2 is 1.11 bits per heavy atom. The maximum Gasteiger partial charge on any atom is 0.451 e. The highest BCUT2D eigenvalue weighted by Crippen LogP contribution is 2.25. The molecule has 2 aromatic carbocycles. The molecule has 4 rings (SSSR count). The number of carbonyl (C=O) groups is 1. The van der Waals surface area contributed by atoms with Crippen LogP contribution in [0.3, 0.4) is 0 Å².